The van der Waals surface area contributed by atoms with E-state index >= 15 is 0 Å². The lowest BCUT2D eigenvalue weighted by atomic mass is 10.1. The van der Waals surface area contributed by atoms with Crippen molar-refractivity contribution < 1.29 is 31.9 Å². The van der Waals surface area contributed by atoms with Crippen molar-refractivity contribution in [2.24, 2.45) is 5.16 Å². The number of carbonyl (C=O) groups is 1. The number of nitrogens with one attached hydrogen (secondary N) is 2. The number of carbonyl (C=O) groups excluding carboxylic acids is 1. The van der Waals surface area contributed by atoms with Gasteiger partial charge in [-0.2, -0.15) is 18.7 Å². The molecule has 0 saturated carbocycles. The van der Waals surface area contributed by atoms with Crippen LogP contribution >= 0.6 is 27.3 Å². The van der Waals surface area contributed by atoms with Crippen LogP contribution in [0.3, 0.4) is 0 Å². The summed E-state index contributed by atoms with van der Waals surface area (Å²) in [5, 5.41) is 13.8. The molecule has 15 heteroatoms. The number of hydrogen-bond donors (Lipinski definition) is 2. The molecule has 0 spiro atoms. The van der Waals surface area contributed by atoms with Crippen LogP contribution in [0, 0.1) is 12.7 Å². The summed E-state index contributed by atoms with van der Waals surface area (Å²) in [5.74, 6) is -1.08. The Morgan fingerprint density at radius 3 is 2.64 bits per heavy atom. The molecular weight excluding hydrogens is 572 g/mol. The van der Waals surface area contributed by atoms with E-state index in [1.165, 1.54) is 30.3 Å². The van der Waals surface area contributed by atoms with Crippen LogP contribution in [0.15, 0.2) is 56.7 Å². The minimum atomic E-state index is -4.45. The largest absolute Gasteiger partial charge is 0.416 e. The zero-order valence-electron chi connectivity index (χ0n) is 17.9. The summed E-state index contributed by atoms with van der Waals surface area (Å²) in [6.07, 6.45) is -3.33. The molecule has 0 bridgehead atoms. The van der Waals surface area contributed by atoms with Gasteiger partial charge in [-0.25, -0.2) is 14.0 Å². The van der Waals surface area contributed by atoms with E-state index in [1.54, 1.807) is 6.92 Å². The Hall–Kier alpha value is -3.85. The van der Waals surface area contributed by atoms with Gasteiger partial charge in [0.1, 0.15) is 21.9 Å². The fourth-order valence-corrected chi connectivity index (χ4v) is 4.12. The first-order valence-corrected chi connectivity index (χ1v) is 11.4. The van der Waals surface area contributed by atoms with Crippen molar-refractivity contribution in [2.45, 2.75) is 13.1 Å². The van der Waals surface area contributed by atoms with Gasteiger partial charge in [-0.1, -0.05) is 17.3 Å². The maximum absolute atomic E-state index is 13.3. The number of oxime groups is 1. The van der Waals surface area contributed by atoms with E-state index in [9.17, 15) is 22.4 Å². The lowest BCUT2D eigenvalue weighted by Gasteiger charge is -2.06. The number of amides is 1. The number of alkyl halides is 3. The summed E-state index contributed by atoms with van der Waals surface area (Å²) >= 11 is 4.04. The van der Waals surface area contributed by atoms with Crippen LogP contribution < -0.4 is 10.8 Å². The summed E-state index contributed by atoms with van der Waals surface area (Å²) in [7, 11) is 0. The molecular formula is C21H13BrF4N6O3S. The molecule has 9 nitrogen and oxygen atoms in total. The number of thiazole rings is 1. The van der Waals surface area contributed by atoms with Crippen molar-refractivity contribution in [1.29, 1.82) is 0 Å². The van der Waals surface area contributed by atoms with Crippen molar-refractivity contribution in [2.75, 3.05) is 10.8 Å². The normalized spacial score (nSPS) is 11.6. The second-order valence-corrected chi connectivity index (χ2v) is 8.87. The van der Waals surface area contributed by atoms with Crippen LogP contribution in [0.2, 0.25) is 0 Å². The van der Waals surface area contributed by atoms with Gasteiger partial charge < -0.3 is 5.32 Å². The summed E-state index contributed by atoms with van der Waals surface area (Å²) in [5.41, 5.74) is 2.94. The van der Waals surface area contributed by atoms with Gasteiger partial charge >= 0.3 is 6.18 Å². The molecule has 0 aliphatic carbocycles. The third kappa shape index (κ3) is 5.85. The quantitative estimate of drug-likeness (QED) is 0.154. The van der Waals surface area contributed by atoms with Gasteiger partial charge in [-0.3, -0.25) is 9.73 Å². The van der Waals surface area contributed by atoms with Crippen LogP contribution in [0.5, 0.6) is 0 Å². The van der Waals surface area contributed by atoms with Gasteiger partial charge in [0.15, 0.2) is 5.69 Å². The first-order chi connectivity index (χ1) is 17.1. The predicted octanol–water partition coefficient (Wildman–Crippen LogP) is 6.05. The third-order valence-corrected chi connectivity index (χ3v) is 6.33. The van der Waals surface area contributed by atoms with Gasteiger partial charge in [-0.05, 0) is 63.5 Å². The predicted molar refractivity (Wildman–Crippen MR) is 126 cm³/mol. The fraction of sp³-hybridized carbons (Fsp3) is 0.0952. The number of aromatic nitrogens is 3. The highest BCUT2D eigenvalue weighted by Crippen LogP contribution is 2.33. The lowest BCUT2D eigenvalue weighted by molar-refractivity contribution is -0.137. The van der Waals surface area contributed by atoms with E-state index < -0.39 is 23.5 Å². The summed E-state index contributed by atoms with van der Waals surface area (Å²) in [4.78, 5) is 22.2. The highest BCUT2D eigenvalue weighted by molar-refractivity contribution is 9.10. The number of nitrogens with zero attached hydrogens (tertiary/aromatic N) is 4. The molecule has 0 aliphatic rings. The molecule has 4 rings (SSSR count). The summed E-state index contributed by atoms with van der Waals surface area (Å²) < 4.78 is 56.5. The molecule has 2 aromatic heterocycles. The van der Waals surface area contributed by atoms with Gasteiger partial charge in [0.25, 0.3) is 5.91 Å². The first kappa shape index (κ1) is 25.2. The second kappa shape index (κ2) is 10.4. The minimum Gasteiger partial charge on any atom is -0.301 e. The van der Waals surface area contributed by atoms with Crippen molar-refractivity contribution in [3.05, 3.63) is 74.6 Å². The standard InChI is InChI=1S/C21H13BrF4N6O3S/c1-10-17(36-20(28-10)11-2-4-12(5-3-11)21(24,25)26)19(33)29-18-16(31-35-32-18)9-27-34-30-13-6-7-15(23)14(22)8-13/h2-9,30H,1H3,(H,29,32,33)/b27-9+. The van der Waals surface area contributed by atoms with Crippen LogP contribution in [0.25, 0.3) is 10.6 Å². The first-order valence-electron chi connectivity index (χ1n) is 9.81. The monoisotopic (exact) mass is 584 g/mol. The Balaban J connectivity index is 1.41. The number of rotatable bonds is 7. The molecule has 4 aromatic rings. The van der Waals surface area contributed by atoms with E-state index in [4.69, 9.17) is 4.94 Å². The number of hydrogen-bond acceptors (Lipinski definition) is 9. The Kier molecular flexibility index (Phi) is 7.30. The highest BCUT2D eigenvalue weighted by Gasteiger charge is 2.30. The van der Waals surface area contributed by atoms with Crippen LogP contribution in [-0.2, 0) is 11.1 Å². The van der Waals surface area contributed by atoms with Gasteiger partial charge in [0.2, 0.25) is 5.82 Å². The Labute approximate surface area is 212 Å². The number of benzene rings is 2. The van der Waals surface area contributed by atoms with Crippen molar-refractivity contribution in [1.82, 2.24) is 15.3 Å². The SMILES string of the molecule is Cc1nc(-c2ccc(C(F)(F)F)cc2)sc1C(=O)Nc1nonc1/C=N/ONc1ccc(F)c(Br)c1. The van der Waals surface area contributed by atoms with Crippen LogP contribution in [0.4, 0.5) is 29.1 Å². The van der Waals surface area contributed by atoms with E-state index in [2.05, 4.69) is 51.8 Å². The van der Waals surface area contributed by atoms with E-state index in [-0.39, 0.29) is 20.9 Å². The van der Waals surface area contributed by atoms with Crippen molar-refractivity contribution in [3.63, 3.8) is 0 Å². The fourth-order valence-electron chi connectivity index (χ4n) is 2.78. The van der Waals surface area contributed by atoms with E-state index in [1.807, 2.05) is 0 Å². The molecule has 1 amide bonds. The smallest absolute Gasteiger partial charge is 0.301 e. The molecule has 0 fully saturated rings. The Morgan fingerprint density at radius 2 is 1.94 bits per heavy atom. The van der Waals surface area contributed by atoms with Gasteiger partial charge in [-0.15, -0.1) is 11.3 Å². The average molecular weight is 585 g/mol. The molecule has 2 aromatic carbocycles. The van der Waals surface area contributed by atoms with E-state index in [0.29, 0.717) is 22.0 Å². The van der Waals surface area contributed by atoms with Crippen LogP contribution in [-0.4, -0.2) is 27.4 Å². The Morgan fingerprint density at radius 1 is 1.19 bits per heavy atom. The number of anilines is 2. The number of halogens is 5. The summed E-state index contributed by atoms with van der Waals surface area (Å²) in [6.45, 7) is 1.59. The van der Waals surface area contributed by atoms with Crippen LogP contribution in [0.1, 0.15) is 26.6 Å². The molecule has 0 saturated heterocycles. The summed E-state index contributed by atoms with van der Waals surface area (Å²) in [6, 6.07) is 8.56. The molecule has 0 unspecified atom stereocenters. The second-order valence-electron chi connectivity index (χ2n) is 7.02. The lowest BCUT2D eigenvalue weighted by Crippen LogP contribution is -2.13. The molecule has 2 N–H and O–H groups in total. The zero-order valence-corrected chi connectivity index (χ0v) is 20.3. The van der Waals surface area contributed by atoms with Gasteiger partial charge in [0.05, 0.1) is 21.4 Å². The van der Waals surface area contributed by atoms with Crippen molar-refractivity contribution >= 4 is 50.9 Å². The molecule has 0 atom stereocenters. The average Bonchev–Trinajstić information content (AvgIpc) is 3.44. The molecule has 2 heterocycles. The maximum Gasteiger partial charge on any atom is 0.416 e. The minimum absolute atomic E-state index is 0.0376. The topological polar surface area (TPSA) is 115 Å². The van der Waals surface area contributed by atoms with Gasteiger partial charge in [0, 0.05) is 5.56 Å². The Bertz CT molecular complexity index is 1420. The van der Waals surface area contributed by atoms with E-state index in [0.717, 1.165) is 29.7 Å². The highest BCUT2D eigenvalue weighted by atomic mass is 79.9. The third-order valence-electron chi connectivity index (χ3n) is 4.52. The molecule has 186 valence electrons. The maximum atomic E-state index is 13.3. The zero-order chi connectivity index (χ0) is 25.9. The molecule has 36 heavy (non-hydrogen) atoms. The van der Waals surface area contributed by atoms with Crippen molar-refractivity contribution in [3.8, 4) is 10.6 Å². The molecule has 0 radical (unpaired) electrons. The molecule has 0 aliphatic heterocycles. The number of aryl methyl sites for hydroxylation is 1.